The molecule has 0 aliphatic heterocycles. The lowest BCUT2D eigenvalue weighted by Gasteiger charge is -2.00. The molecule has 0 spiro atoms. The van der Waals surface area contributed by atoms with Crippen LogP contribution < -0.4 is 9.54 Å². The number of aromatic nitrogens is 1. The smallest absolute Gasteiger partial charge is 0.315 e. The van der Waals surface area contributed by atoms with E-state index in [9.17, 15) is 4.79 Å². The Hall–Kier alpha value is -2.57. The summed E-state index contributed by atoms with van der Waals surface area (Å²) >= 11 is 7.55. The van der Waals surface area contributed by atoms with E-state index in [4.69, 9.17) is 20.8 Å². The summed E-state index contributed by atoms with van der Waals surface area (Å²) in [5, 5.41) is 1.46. The SMILES string of the molecule is COc1cccc2cc(C(=O)N=c3sc4cc(Cl)cc(C)c4n3C)oc12. The number of aryl methyl sites for hydroxylation is 2. The van der Waals surface area contributed by atoms with Crippen molar-refractivity contribution >= 4 is 50.0 Å². The van der Waals surface area contributed by atoms with E-state index in [-0.39, 0.29) is 5.76 Å². The molecule has 0 saturated carbocycles. The van der Waals surface area contributed by atoms with Gasteiger partial charge in [-0.1, -0.05) is 35.1 Å². The molecule has 0 atom stereocenters. The molecule has 0 fully saturated rings. The lowest BCUT2D eigenvalue weighted by atomic mass is 10.2. The second-order valence-electron chi connectivity index (χ2n) is 5.92. The quantitative estimate of drug-likeness (QED) is 0.501. The average molecular weight is 387 g/mol. The molecule has 0 N–H and O–H groups in total. The number of ether oxygens (including phenoxy) is 1. The molecule has 1 amide bonds. The molecule has 7 heteroatoms. The van der Waals surface area contributed by atoms with Crippen LogP contribution >= 0.6 is 22.9 Å². The normalized spacial score (nSPS) is 12.2. The summed E-state index contributed by atoms with van der Waals surface area (Å²) in [4.78, 5) is 17.5. The fraction of sp³-hybridized carbons (Fsp3) is 0.158. The van der Waals surface area contributed by atoms with Crippen LogP contribution in [0.25, 0.3) is 21.2 Å². The number of furan rings is 1. The van der Waals surface area contributed by atoms with E-state index in [1.54, 1.807) is 19.2 Å². The van der Waals surface area contributed by atoms with Gasteiger partial charge in [-0.25, -0.2) is 0 Å². The minimum Gasteiger partial charge on any atom is -0.493 e. The van der Waals surface area contributed by atoms with Gasteiger partial charge in [-0.3, -0.25) is 4.79 Å². The van der Waals surface area contributed by atoms with Gasteiger partial charge in [-0.05, 0) is 36.8 Å². The topological polar surface area (TPSA) is 56.7 Å². The Labute approximate surface area is 158 Å². The van der Waals surface area contributed by atoms with Crippen LogP contribution in [-0.2, 0) is 7.05 Å². The second-order valence-corrected chi connectivity index (χ2v) is 7.36. The van der Waals surface area contributed by atoms with Crippen LogP contribution in [0.5, 0.6) is 5.75 Å². The van der Waals surface area contributed by atoms with Gasteiger partial charge in [0.25, 0.3) is 0 Å². The zero-order valence-corrected chi connectivity index (χ0v) is 15.9. The van der Waals surface area contributed by atoms with Crippen molar-refractivity contribution in [1.29, 1.82) is 0 Å². The van der Waals surface area contributed by atoms with Crippen LogP contribution in [0.4, 0.5) is 0 Å². The molecule has 0 aliphatic rings. The van der Waals surface area contributed by atoms with Gasteiger partial charge in [0, 0.05) is 17.5 Å². The first-order chi connectivity index (χ1) is 12.5. The number of methoxy groups -OCH3 is 1. The van der Waals surface area contributed by atoms with Gasteiger partial charge in [0.1, 0.15) is 0 Å². The van der Waals surface area contributed by atoms with Crippen molar-refractivity contribution in [2.24, 2.45) is 12.0 Å². The predicted molar refractivity (Wildman–Crippen MR) is 103 cm³/mol. The summed E-state index contributed by atoms with van der Waals surface area (Å²) in [6.45, 7) is 1.98. The third-order valence-corrected chi connectivity index (χ3v) is 5.49. The van der Waals surface area contributed by atoms with E-state index in [2.05, 4.69) is 4.99 Å². The van der Waals surface area contributed by atoms with Crippen LogP contribution in [0.15, 0.2) is 45.8 Å². The molecule has 0 aliphatic carbocycles. The Morgan fingerprint density at radius 1 is 1.31 bits per heavy atom. The van der Waals surface area contributed by atoms with Crippen LogP contribution in [-0.4, -0.2) is 17.6 Å². The van der Waals surface area contributed by atoms with Crippen LogP contribution in [0.2, 0.25) is 5.02 Å². The largest absolute Gasteiger partial charge is 0.493 e. The van der Waals surface area contributed by atoms with Crippen molar-refractivity contribution in [3.8, 4) is 5.75 Å². The number of fused-ring (bicyclic) bond motifs is 2. The third-order valence-electron chi connectivity index (χ3n) is 4.19. The number of nitrogens with zero attached hydrogens (tertiary/aromatic N) is 2. The molecule has 26 heavy (non-hydrogen) atoms. The number of rotatable bonds is 2. The first-order valence-electron chi connectivity index (χ1n) is 7.89. The third kappa shape index (κ3) is 2.71. The van der Waals surface area contributed by atoms with E-state index >= 15 is 0 Å². The molecular formula is C19H15ClN2O3S. The predicted octanol–water partition coefficient (Wildman–Crippen LogP) is 4.70. The Morgan fingerprint density at radius 2 is 2.12 bits per heavy atom. The van der Waals surface area contributed by atoms with Gasteiger partial charge < -0.3 is 13.7 Å². The fourth-order valence-corrected chi connectivity index (χ4v) is 4.49. The molecule has 0 radical (unpaired) electrons. The van der Waals surface area contributed by atoms with E-state index in [0.29, 0.717) is 21.2 Å². The minimum atomic E-state index is -0.436. The van der Waals surface area contributed by atoms with Gasteiger partial charge in [0.2, 0.25) is 0 Å². The zero-order chi connectivity index (χ0) is 18.4. The standard InChI is InChI=1S/C19H15ClN2O3S/c1-10-7-12(20)9-15-16(10)22(2)19(26-15)21-18(23)14-8-11-5-4-6-13(24-3)17(11)25-14/h4-9H,1-3H3. The summed E-state index contributed by atoms with van der Waals surface area (Å²) in [6.07, 6.45) is 0. The monoisotopic (exact) mass is 386 g/mol. The summed E-state index contributed by atoms with van der Waals surface area (Å²) in [5.41, 5.74) is 2.59. The first-order valence-corrected chi connectivity index (χ1v) is 9.08. The van der Waals surface area contributed by atoms with Crippen molar-refractivity contribution in [3.05, 3.63) is 57.5 Å². The lowest BCUT2D eigenvalue weighted by Crippen LogP contribution is -2.13. The Morgan fingerprint density at radius 3 is 2.88 bits per heavy atom. The lowest BCUT2D eigenvalue weighted by molar-refractivity contribution is 0.0973. The number of carbonyl (C=O) groups excluding carboxylic acids is 1. The number of carbonyl (C=O) groups is 1. The summed E-state index contributed by atoms with van der Waals surface area (Å²) < 4.78 is 13.8. The number of thiazole rings is 1. The zero-order valence-electron chi connectivity index (χ0n) is 14.4. The molecule has 2 aromatic carbocycles. The molecule has 0 unspecified atom stereocenters. The van der Waals surface area contributed by atoms with Crippen molar-refractivity contribution in [1.82, 2.24) is 4.57 Å². The number of para-hydroxylation sites is 1. The van der Waals surface area contributed by atoms with Gasteiger partial charge >= 0.3 is 5.91 Å². The molecule has 4 rings (SSSR count). The summed E-state index contributed by atoms with van der Waals surface area (Å²) in [7, 11) is 3.45. The fourth-order valence-electron chi connectivity index (χ4n) is 3.02. The van der Waals surface area contributed by atoms with Gasteiger partial charge in [0.15, 0.2) is 21.9 Å². The van der Waals surface area contributed by atoms with Crippen molar-refractivity contribution in [2.45, 2.75) is 6.92 Å². The maximum atomic E-state index is 12.6. The number of hydrogen-bond donors (Lipinski definition) is 0. The van der Waals surface area contributed by atoms with Gasteiger partial charge in [-0.2, -0.15) is 4.99 Å². The maximum Gasteiger partial charge on any atom is 0.315 e. The molecule has 0 saturated heterocycles. The Bertz CT molecular complexity index is 1230. The molecule has 0 bridgehead atoms. The molecule has 2 heterocycles. The summed E-state index contributed by atoms with van der Waals surface area (Å²) in [6, 6.07) is 11.0. The van der Waals surface area contributed by atoms with Crippen LogP contribution in [0, 0.1) is 6.92 Å². The molecule has 4 aromatic rings. The number of amides is 1. The minimum absolute atomic E-state index is 0.178. The van der Waals surface area contributed by atoms with E-state index in [1.807, 2.05) is 42.8 Å². The number of hydrogen-bond acceptors (Lipinski definition) is 4. The van der Waals surface area contributed by atoms with Crippen LogP contribution in [0.3, 0.4) is 0 Å². The molecular weight excluding hydrogens is 372 g/mol. The highest BCUT2D eigenvalue weighted by atomic mass is 35.5. The highest BCUT2D eigenvalue weighted by Gasteiger charge is 2.15. The van der Waals surface area contributed by atoms with E-state index < -0.39 is 5.91 Å². The average Bonchev–Trinajstić information content (AvgIpc) is 3.16. The number of halogens is 1. The van der Waals surface area contributed by atoms with E-state index in [1.165, 1.54) is 11.3 Å². The van der Waals surface area contributed by atoms with Gasteiger partial charge in [0.05, 0.1) is 17.3 Å². The second kappa shape index (κ2) is 6.30. The van der Waals surface area contributed by atoms with Crippen molar-refractivity contribution < 1.29 is 13.9 Å². The highest BCUT2D eigenvalue weighted by molar-refractivity contribution is 7.16. The van der Waals surface area contributed by atoms with Crippen LogP contribution in [0.1, 0.15) is 16.1 Å². The molecule has 2 aromatic heterocycles. The van der Waals surface area contributed by atoms with Crippen molar-refractivity contribution in [2.75, 3.05) is 7.11 Å². The molecule has 132 valence electrons. The van der Waals surface area contributed by atoms with Gasteiger partial charge in [-0.15, -0.1) is 0 Å². The Kier molecular flexibility index (Phi) is 4.09. The molecule has 5 nitrogen and oxygen atoms in total. The maximum absolute atomic E-state index is 12.6. The van der Waals surface area contributed by atoms with Crippen molar-refractivity contribution in [3.63, 3.8) is 0 Å². The number of benzene rings is 2. The summed E-state index contributed by atoms with van der Waals surface area (Å²) in [5.74, 6) is 0.324. The highest BCUT2D eigenvalue weighted by Crippen LogP contribution is 2.29. The van der Waals surface area contributed by atoms with E-state index in [0.717, 1.165) is 21.2 Å². The Balaban J connectivity index is 1.84. The first kappa shape index (κ1) is 16.9.